The molecule has 9 heteroatoms. The Bertz CT molecular complexity index is 695. The second-order valence-corrected chi connectivity index (χ2v) is 7.70. The molecule has 0 aliphatic carbocycles. The standard InChI is InChI=1S/C15H21ClN2O5S/c1-3-22-8-4-7-17-15(19)14-10-18(24(2,20)21)12-9-11(16)5-6-13(12)23-14/h5-6,9,14H,3-4,7-8,10H2,1-2H3,(H,17,19). The Kier molecular flexibility index (Phi) is 6.31. The number of fused-ring (bicyclic) bond motifs is 1. The van der Waals surface area contributed by atoms with E-state index in [1.165, 1.54) is 6.07 Å². The van der Waals surface area contributed by atoms with Crippen LogP contribution in [0.1, 0.15) is 13.3 Å². The highest BCUT2D eigenvalue weighted by Gasteiger charge is 2.35. The lowest BCUT2D eigenvalue weighted by atomic mass is 10.2. The molecule has 24 heavy (non-hydrogen) atoms. The van der Waals surface area contributed by atoms with Crippen molar-refractivity contribution in [3.63, 3.8) is 0 Å². The highest BCUT2D eigenvalue weighted by Crippen LogP contribution is 2.36. The number of nitrogens with one attached hydrogen (secondary N) is 1. The first-order chi connectivity index (χ1) is 11.3. The van der Waals surface area contributed by atoms with Crippen molar-refractivity contribution in [3.05, 3.63) is 23.2 Å². The van der Waals surface area contributed by atoms with E-state index < -0.39 is 16.1 Å². The topological polar surface area (TPSA) is 84.9 Å². The van der Waals surface area contributed by atoms with Gasteiger partial charge in [-0.15, -0.1) is 0 Å². The van der Waals surface area contributed by atoms with E-state index in [2.05, 4.69) is 5.32 Å². The molecule has 0 saturated carbocycles. The van der Waals surface area contributed by atoms with Crippen molar-refractivity contribution < 1.29 is 22.7 Å². The fourth-order valence-electron chi connectivity index (χ4n) is 2.32. The molecular weight excluding hydrogens is 356 g/mol. The van der Waals surface area contributed by atoms with Crippen LogP contribution in [-0.2, 0) is 19.6 Å². The molecule has 0 saturated heterocycles. The molecule has 1 heterocycles. The number of sulfonamides is 1. The molecule has 2 rings (SSSR count). The summed E-state index contributed by atoms with van der Waals surface area (Å²) in [6.07, 6.45) is 0.842. The van der Waals surface area contributed by atoms with Crippen LogP contribution >= 0.6 is 11.6 Å². The molecule has 0 fully saturated rings. The maximum Gasteiger partial charge on any atom is 0.263 e. The number of ether oxygens (including phenoxy) is 2. The van der Waals surface area contributed by atoms with Gasteiger partial charge in [-0.05, 0) is 31.5 Å². The Morgan fingerprint density at radius 3 is 2.92 bits per heavy atom. The lowest BCUT2D eigenvalue weighted by molar-refractivity contribution is -0.127. The first-order valence-electron chi connectivity index (χ1n) is 7.62. The molecule has 0 spiro atoms. The first kappa shape index (κ1) is 18.8. The number of hydrogen-bond acceptors (Lipinski definition) is 5. The molecule has 1 aromatic carbocycles. The first-order valence-corrected chi connectivity index (χ1v) is 9.85. The fraction of sp³-hybridized carbons (Fsp3) is 0.533. The minimum atomic E-state index is -3.56. The van der Waals surface area contributed by atoms with Crippen LogP contribution in [0.25, 0.3) is 0 Å². The molecule has 7 nitrogen and oxygen atoms in total. The zero-order valence-electron chi connectivity index (χ0n) is 13.6. The number of benzene rings is 1. The Hall–Kier alpha value is -1.51. The summed E-state index contributed by atoms with van der Waals surface area (Å²) >= 11 is 5.93. The number of hydrogen-bond donors (Lipinski definition) is 1. The third kappa shape index (κ3) is 4.75. The SMILES string of the molecule is CCOCCCNC(=O)C1CN(S(C)(=O)=O)c2cc(Cl)ccc2O1. The van der Waals surface area contributed by atoms with Crippen LogP contribution in [-0.4, -0.2) is 53.0 Å². The van der Waals surface area contributed by atoms with Crippen molar-refractivity contribution in [2.75, 3.05) is 36.9 Å². The van der Waals surface area contributed by atoms with Crippen LogP contribution < -0.4 is 14.4 Å². The normalized spacial score (nSPS) is 17.1. The zero-order valence-corrected chi connectivity index (χ0v) is 15.2. The van der Waals surface area contributed by atoms with Crippen LogP contribution in [0.3, 0.4) is 0 Å². The molecule has 1 aliphatic rings. The maximum atomic E-state index is 12.3. The van der Waals surface area contributed by atoms with E-state index in [0.29, 0.717) is 42.6 Å². The van der Waals surface area contributed by atoms with Gasteiger partial charge in [-0.3, -0.25) is 9.10 Å². The molecule has 134 valence electrons. The minimum Gasteiger partial charge on any atom is -0.476 e. The van der Waals surface area contributed by atoms with Crippen molar-refractivity contribution >= 4 is 33.2 Å². The van der Waals surface area contributed by atoms with Crippen LogP contribution in [0, 0.1) is 0 Å². The van der Waals surface area contributed by atoms with Gasteiger partial charge in [0.2, 0.25) is 10.0 Å². The third-order valence-corrected chi connectivity index (χ3v) is 4.83. The van der Waals surface area contributed by atoms with Crippen LogP contribution in [0.2, 0.25) is 5.02 Å². The minimum absolute atomic E-state index is 0.0938. The second kappa shape index (κ2) is 8.04. The summed E-state index contributed by atoms with van der Waals surface area (Å²) in [5, 5.41) is 3.13. The number of anilines is 1. The maximum absolute atomic E-state index is 12.3. The van der Waals surface area contributed by atoms with Crippen molar-refractivity contribution in [1.29, 1.82) is 0 Å². The molecule has 1 aliphatic heterocycles. The number of nitrogens with zero attached hydrogens (tertiary/aromatic N) is 1. The van der Waals surface area contributed by atoms with Crippen molar-refractivity contribution in [2.45, 2.75) is 19.4 Å². The number of halogens is 1. The highest BCUT2D eigenvalue weighted by atomic mass is 35.5. The van der Waals surface area contributed by atoms with E-state index in [1.54, 1.807) is 12.1 Å². The van der Waals surface area contributed by atoms with Gasteiger partial charge in [0.1, 0.15) is 5.75 Å². The zero-order chi connectivity index (χ0) is 17.7. The lowest BCUT2D eigenvalue weighted by Crippen LogP contribution is -2.50. The molecule has 1 atom stereocenters. The van der Waals surface area contributed by atoms with E-state index >= 15 is 0 Å². The number of rotatable bonds is 7. The summed E-state index contributed by atoms with van der Waals surface area (Å²) in [7, 11) is -3.56. The van der Waals surface area contributed by atoms with Crippen molar-refractivity contribution in [1.82, 2.24) is 5.32 Å². The van der Waals surface area contributed by atoms with E-state index in [0.717, 1.165) is 10.6 Å². The molecule has 0 bridgehead atoms. The largest absolute Gasteiger partial charge is 0.476 e. The van der Waals surface area contributed by atoms with Crippen LogP contribution in [0.15, 0.2) is 18.2 Å². The summed E-state index contributed by atoms with van der Waals surface area (Å²) in [6.45, 7) is 3.42. The molecule has 1 aromatic rings. The van der Waals surface area contributed by atoms with Gasteiger partial charge in [-0.2, -0.15) is 0 Å². The van der Waals surface area contributed by atoms with E-state index in [4.69, 9.17) is 21.1 Å². The quantitative estimate of drug-likeness (QED) is 0.727. The number of amides is 1. The summed E-state index contributed by atoms with van der Waals surface area (Å²) in [5.41, 5.74) is 0.338. The van der Waals surface area contributed by atoms with Gasteiger partial charge in [0.25, 0.3) is 5.91 Å². The average molecular weight is 377 g/mol. The van der Waals surface area contributed by atoms with Crippen LogP contribution in [0.4, 0.5) is 5.69 Å². The van der Waals surface area contributed by atoms with Gasteiger partial charge in [0.05, 0.1) is 18.5 Å². The fourth-order valence-corrected chi connectivity index (χ4v) is 3.39. The van der Waals surface area contributed by atoms with Gasteiger partial charge in [-0.1, -0.05) is 11.6 Å². The molecule has 1 N–H and O–H groups in total. The van der Waals surface area contributed by atoms with Crippen molar-refractivity contribution in [2.24, 2.45) is 0 Å². The monoisotopic (exact) mass is 376 g/mol. The third-order valence-electron chi connectivity index (χ3n) is 3.45. The number of carbonyl (C=O) groups is 1. The highest BCUT2D eigenvalue weighted by molar-refractivity contribution is 7.92. The Labute approximate surface area is 146 Å². The van der Waals surface area contributed by atoms with Gasteiger partial charge >= 0.3 is 0 Å². The summed E-state index contributed by atoms with van der Waals surface area (Å²) in [5.74, 6) is -0.0497. The van der Waals surface area contributed by atoms with Gasteiger partial charge < -0.3 is 14.8 Å². The van der Waals surface area contributed by atoms with Gasteiger partial charge in [-0.25, -0.2) is 8.42 Å². The van der Waals surface area contributed by atoms with Gasteiger partial charge in [0, 0.05) is 24.8 Å². The Morgan fingerprint density at radius 1 is 1.50 bits per heavy atom. The predicted octanol–water partition coefficient (Wildman–Crippen LogP) is 1.41. The van der Waals surface area contributed by atoms with E-state index in [9.17, 15) is 13.2 Å². The Balaban J connectivity index is 2.09. The smallest absolute Gasteiger partial charge is 0.263 e. The van der Waals surface area contributed by atoms with E-state index in [-0.39, 0.29) is 12.5 Å². The molecular formula is C15H21ClN2O5S. The lowest BCUT2D eigenvalue weighted by Gasteiger charge is -2.34. The number of carbonyl (C=O) groups excluding carboxylic acids is 1. The Morgan fingerprint density at radius 2 is 2.25 bits per heavy atom. The van der Waals surface area contributed by atoms with E-state index in [1.807, 2.05) is 6.92 Å². The van der Waals surface area contributed by atoms with Crippen LogP contribution in [0.5, 0.6) is 5.75 Å². The average Bonchev–Trinajstić information content (AvgIpc) is 2.52. The summed E-state index contributed by atoms with van der Waals surface area (Å²) < 4.78 is 36.1. The molecule has 0 radical (unpaired) electrons. The molecule has 0 aromatic heterocycles. The van der Waals surface area contributed by atoms with Crippen molar-refractivity contribution in [3.8, 4) is 5.75 Å². The van der Waals surface area contributed by atoms with Gasteiger partial charge in [0.15, 0.2) is 6.10 Å². The predicted molar refractivity (Wildman–Crippen MR) is 92.2 cm³/mol. The summed E-state index contributed by atoms with van der Waals surface area (Å²) in [4.78, 5) is 12.3. The second-order valence-electron chi connectivity index (χ2n) is 5.35. The molecule has 1 amide bonds. The summed E-state index contributed by atoms with van der Waals surface area (Å²) in [6, 6.07) is 4.65. The molecule has 1 unspecified atom stereocenters.